The second-order valence-electron chi connectivity index (χ2n) is 7.12. The molecule has 1 saturated heterocycles. The summed E-state index contributed by atoms with van der Waals surface area (Å²) in [6, 6.07) is 4.09. The number of pyridine rings is 1. The van der Waals surface area contributed by atoms with E-state index >= 15 is 0 Å². The number of ether oxygens (including phenoxy) is 1. The van der Waals surface area contributed by atoms with Crippen LogP contribution < -0.4 is 10.1 Å². The van der Waals surface area contributed by atoms with Crippen molar-refractivity contribution in [1.82, 2.24) is 24.8 Å². The summed E-state index contributed by atoms with van der Waals surface area (Å²) in [6.07, 6.45) is 5.51. The number of aromatic nitrogens is 4. The Kier molecular flexibility index (Phi) is 7.16. The van der Waals surface area contributed by atoms with Gasteiger partial charge in [-0.2, -0.15) is 17.6 Å². The molecule has 168 valence electrons. The second kappa shape index (κ2) is 9.65. The molecule has 3 aromatic rings. The lowest BCUT2D eigenvalue weighted by Crippen LogP contribution is -2.44. The van der Waals surface area contributed by atoms with Crippen LogP contribution in [0.3, 0.4) is 0 Å². The predicted octanol–water partition coefficient (Wildman–Crippen LogP) is 4.04. The average Bonchev–Trinajstić information content (AvgIpc) is 3.19. The van der Waals surface area contributed by atoms with Gasteiger partial charge in [0.2, 0.25) is 0 Å². The van der Waals surface area contributed by atoms with Crippen LogP contribution in [-0.2, 0) is 5.92 Å². The van der Waals surface area contributed by atoms with Gasteiger partial charge in [0.25, 0.3) is 0 Å². The first kappa shape index (κ1) is 23.0. The Bertz CT molecular complexity index is 979. The topological polar surface area (TPSA) is 79.0 Å². The minimum Gasteiger partial charge on any atom is -0.433 e. The van der Waals surface area contributed by atoms with Gasteiger partial charge >= 0.3 is 12.5 Å². The van der Waals surface area contributed by atoms with Crippen LogP contribution in [0.15, 0.2) is 36.9 Å². The number of H-pyrrole nitrogens is 1. The highest BCUT2D eigenvalue weighted by Crippen LogP contribution is 2.30. The van der Waals surface area contributed by atoms with Gasteiger partial charge in [-0.05, 0) is 31.0 Å². The quantitative estimate of drug-likeness (QED) is 0.518. The van der Waals surface area contributed by atoms with Gasteiger partial charge in [-0.1, -0.05) is 0 Å². The molecule has 12 heteroatoms. The number of fused-ring (bicyclic) bond motifs is 1. The molecule has 0 saturated carbocycles. The normalized spacial score (nSPS) is 15.8. The lowest BCUT2D eigenvalue weighted by molar-refractivity contribution is -0.0516. The number of halogens is 5. The third-order valence-corrected chi connectivity index (χ3v) is 5.04. The molecule has 0 spiro atoms. The van der Waals surface area contributed by atoms with Crippen molar-refractivity contribution in [3.8, 4) is 5.75 Å². The fourth-order valence-electron chi connectivity index (χ4n) is 3.55. The zero-order valence-electron chi connectivity index (χ0n) is 16.3. The predicted molar refractivity (Wildman–Crippen MR) is 109 cm³/mol. The van der Waals surface area contributed by atoms with E-state index in [-0.39, 0.29) is 24.2 Å². The standard InChI is InChI=1S/C19H20F4N6O.ClH/c20-18(21)30-13-1-2-15(25-9-13)19(22,23)10-29-7-4-12(5-8-29)28-17-14-3-6-24-16(14)26-11-27-17;/h1-3,6,9,11-12,18H,4-5,7-8,10H2,(H2,24,26,27,28);1H. The van der Waals surface area contributed by atoms with Crippen molar-refractivity contribution in [2.45, 2.75) is 31.4 Å². The summed E-state index contributed by atoms with van der Waals surface area (Å²) in [6.45, 7) is -2.54. The lowest BCUT2D eigenvalue weighted by atomic mass is 10.0. The van der Waals surface area contributed by atoms with E-state index < -0.39 is 24.8 Å². The van der Waals surface area contributed by atoms with E-state index in [0.717, 1.165) is 35.2 Å². The molecule has 3 aromatic heterocycles. The van der Waals surface area contributed by atoms with E-state index in [2.05, 4.69) is 30.0 Å². The molecule has 0 atom stereocenters. The van der Waals surface area contributed by atoms with Crippen LogP contribution in [0.4, 0.5) is 23.4 Å². The minimum atomic E-state index is -3.20. The van der Waals surface area contributed by atoms with E-state index in [1.165, 1.54) is 6.33 Å². The SMILES string of the molecule is Cl.FC(F)Oc1ccc(C(F)(F)CN2CCC(Nc3ncnc4[nH]ccc34)CC2)nc1. The van der Waals surface area contributed by atoms with Gasteiger partial charge in [0.15, 0.2) is 0 Å². The molecule has 4 heterocycles. The third kappa shape index (κ3) is 5.53. The molecule has 1 aliphatic rings. The van der Waals surface area contributed by atoms with Crippen molar-refractivity contribution in [3.05, 3.63) is 42.6 Å². The van der Waals surface area contributed by atoms with E-state index in [1.54, 1.807) is 11.1 Å². The number of rotatable bonds is 7. The molecule has 1 aliphatic heterocycles. The van der Waals surface area contributed by atoms with Crippen LogP contribution in [0.25, 0.3) is 11.0 Å². The van der Waals surface area contributed by atoms with Crippen LogP contribution in [0, 0.1) is 0 Å². The molecule has 0 aliphatic carbocycles. The summed E-state index contributed by atoms with van der Waals surface area (Å²) in [5.74, 6) is -2.73. The van der Waals surface area contributed by atoms with Gasteiger partial charge in [-0.15, -0.1) is 12.4 Å². The van der Waals surface area contributed by atoms with Crippen LogP contribution in [0.5, 0.6) is 5.75 Å². The summed E-state index contributed by atoms with van der Waals surface area (Å²) in [5, 5.41) is 4.26. The van der Waals surface area contributed by atoms with Gasteiger partial charge in [-0.3, -0.25) is 9.88 Å². The van der Waals surface area contributed by atoms with Gasteiger partial charge < -0.3 is 15.0 Å². The average molecular weight is 461 g/mol. The number of hydrogen-bond acceptors (Lipinski definition) is 6. The molecule has 31 heavy (non-hydrogen) atoms. The summed E-state index contributed by atoms with van der Waals surface area (Å²) in [4.78, 5) is 16.7. The van der Waals surface area contributed by atoms with E-state index in [4.69, 9.17) is 0 Å². The highest BCUT2D eigenvalue weighted by atomic mass is 35.5. The number of likely N-dealkylation sites (tertiary alicyclic amines) is 1. The Morgan fingerprint density at radius 1 is 1.16 bits per heavy atom. The molecule has 0 amide bonds. The number of aromatic amines is 1. The maximum Gasteiger partial charge on any atom is 0.387 e. The van der Waals surface area contributed by atoms with Crippen LogP contribution in [0.2, 0.25) is 0 Å². The highest BCUT2D eigenvalue weighted by molar-refractivity contribution is 5.86. The number of alkyl halides is 4. The summed E-state index contributed by atoms with van der Waals surface area (Å²) in [7, 11) is 0. The van der Waals surface area contributed by atoms with Crippen molar-refractivity contribution in [2.24, 2.45) is 0 Å². The third-order valence-electron chi connectivity index (χ3n) is 5.04. The summed E-state index contributed by atoms with van der Waals surface area (Å²) < 4.78 is 57.7. The Balaban J connectivity index is 0.00000272. The Morgan fingerprint density at radius 3 is 2.61 bits per heavy atom. The number of hydrogen-bond donors (Lipinski definition) is 2. The van der Waals surface area contributed by atoms with Crippen molar-refractivity contribution < 1.29 is 22.3 Å². The Labute approximate surface area is 181 Å². The Morgan fingerprint density at radius 2 is 1.94 bits per heavy atom. The molecule has 7 nitrogen and oxygen atoms in total. The van der Waals surface area contributed by atoms with Gasteiger partial charge in [0.05, 0.1) is 18.1 Å². The van der Waals surface area contributed by atoms with Crippen LogP contribution in [-0.4, -0.2) is 57.1 Å². The number of nitrogens with zero attached hydrogens (tertiary/aromatic N) is 4. The minimum absolute atomic E-state index is 0. The fourth-order valence-corrected chi connectivity index (χ4v) is 3.55. The molecule has 4 rings (SSSR count). The van der Waals surface area contributed by atoms with Crippen LogP contribution in [0.1, 0.15) is 18.5 Å². The smallest absolute Gasteiger partial charge is 0.387 e. The molecule has 0 bridgehead atoms. The van der Waals surface area contributed by atoms with E-state index in [9.17, 15) is 17.6 Å². The Hall–Kier alpha value is -2.66. The van der Waals surface area contributed by atoms with Crippen molar-refractivity contribution in [1.29, 1.82) is 0 Å². The van der Waals surface area contributed by atoms with Crippen molar-refractivity contribution in [2.75, 3.05) is 25.0 Å². The first-order valence-electron chi connectivity index (χ1n) is 9.47. The van der Waals surface area contributed by atoms with Crippen LogP contribution >= 0.6 is 12.4 Å². The zero-order chi connectivity index (χ0) is 21.1. The lowest BCUT2D eigenvalue weighted by Gasteiger charge is -2.34. The highest BCUT2D eigenvalue weighted by Gasteiger charge is 2.36. The maximum atomic E-state index is 14.6. The number of nitrogens with one attached hydrogen (secondary N) is 2. The maximum absolute atomic E-state index is 14.6. The van der Waals surface area contributed by atoms with Gasteiger partial charge in [-0.25, -0.2) is 9.97 Å². The molecule has 0 aromatic carbocycles. The largest absolute Gasteiger partial charge is 0.433 e. The summed E-state index contributed by atoms with van der Waals surface area (Å²) >= 11 is 0. The first-order chi connectivity index (χ1) is 14.4. The fraction of sp³-hybridized carbons (Fsp3) is 0.421. The van der Waals surface area contributed by atoms with Gasteiger partial charge in [0, 0.05) is 25.3 Å². The van der Waals surface area contributed by atoms with Crippen molar-refractivity contribution >= 4 is 29.3 Å². The second-order valence-corrected chi connectivity index (χ2v) is 7.12. The molecule has 1 fully saturated rings. The molecule has 2 N–H and O–H groups in total. The number of anilines is 1. The molecular formula is C19H21ClF4N6O. The van der Waals surface area contributed by atoms with Crippen molar-refractivity contribution in [3.63, 3.8) is 0 Å². The molecular weight excluding hydrogens is 440 g/mol. The van der Waals surface area contributed by atoms with Gasteiger partial charge in [0.1, 0.15) is 29.2 Å². The van der Waals surface area contributed by atoms with E-state index in [1.807, 2.05) is 6.07 Å². The zero-order valence-corrected chi connectivity index (χ0v) is 17.1. The summed E-state index contributed by atoms with van der Waals surface area (Å²) in [5.41, 5.74) is 0.266. The molecule has 0 radical (unpaired) electrons. The number of piperidine rings is 1. The van der Waals surface area contributed by atoms with E-state index in [0.29, 0.717) is 25.9 Å². The monoisotopic (exact) mass is 460 g/mol. The first-order valence-corrected chi connectivity index (χ1v) is 9.47. The molecule has 0 unspecified atom stereocenters.